The molecule has 0 saturated carbocycles. The van der Waals surface area contributed by atoms with Gasteiger partial charge in [0, 0.05) is 6.54 Å². The van der Waals surface area contributed by atoms with Crippen molar-refractivity contribution in [2.75, 3.05) is 6.54 Å². The zero-order valence-corrected chi connectivity index (χ0v) is 13.4. The summed E-state index contributed by atoms with van der Waals surface area (Å²) in [6.45, 7) is 5.62. The molecule has 1 aromatic carbocycles. The lowest BCUT2D eigenvalue weighted by atomic mass is 9.97. The fraction of sp³-hybridized carbons (Fsp3) is 0.533. The van der Waals surface area contributed by atoms with Crippen LogP contribution in [0.1, 0.15) is 37.8 Å². The van der Waals surface area contributed by atoms with E-state index in [1.54, 1.807) is 6.92 Å². The molecule has 0 aliphatic rings. The van der Waals surface area contributed by atoms with Crippen LogP contribution in [0.15, 0.2) is 23.1 Å². The van der Waals surface area contributed by atoms with Gasteiger partial charge in [0.15, 0.2) is 0 Å². The van der Waals surface area contributed by atoms with E-state index in [-0.39, 0.29) is 17.4 Å². The fourth-order valence-electron chi connectivity index (χ4n) is 2.21. The molecule has 2 N–H and O–H groups in total. The van der Waals surface area contributed by atoms with Crippen molar-refractivity contribution in [1.29, 1.82) is 5.26 Å². The van der Waals surface area contributed by atoms with E-state index in [4.69, 9.17) is 5.26 Å². The fourth-order valence-corrected chi connectivity index (χ4v) is 3.34. The lowest BCUT2D eigenvalue weighted by Crippen LogP contribution is -2.36. The third-order valence-corrected chi connectivity index (χ3v) is 5.13. The van der Waals surface area contributed by atoms with Crippen molar-refractivity contribution in [2.24, 2.45) is 5.92 Å². The van der Waals surface area contributed by atoms with Crippen LogP contribution in [0.5, 0.6) is 0 Å². The van der Waals surface area contributed by atoms with Crippen LogP contribution in [0.25, 0.3) is 0 Å². The number of nitrogens with one attached hydrogen (secondary N) is 1. The van der Waals surface area contributed by atoms with Gasteiger partial charge >= 0.3 is 0 Å². The number of hydrogen-bond acceptors (Lipinski definition) is 4. The van der Waals surface area contributed by atoms with Crippen LogP contribution in [0.3, 0.4) is 0 Å². The summed E-state index contributed by atoms with van der Waals surface area (Å²) in [5.74, 6) is 0.0791. The van der Waals surface area contributed by atoms with Crippen LogP contribution in [-0.4, -0.2) is 26.2 Å². The standard InChI is InChI=1S/C15H22N2O3S/c1-4-12(5-2)15(18)10-17-21(19,20)14-7-6-13(9-16)11(3)8-14/h6-8,12,15,17-18H,4-5,10H2,1-3H3. The number of aliphatic hydroxyl groups is 1. The highest BCUT2D eigenvalue weighted by molar-refractivity contribution is 7.89. The molecule has 116 valence electrons. The summed E-state index contributed by atoms with van der Waals surface area (Å²) in [5, 5.41) is 18.8. The Kier molecular flexibility index (Phi) is 6.34. The monoisotopic (exact) mass is 310 g/mol. The van der Waals surface area contributed by atoms with Crippen LogP contribution in [0, 0.1) is 24.2 Å². The van der Waals surface area contributed by atoms with Gasteiger partial charge < -0.3 is 5.11 Å². The lowest BCUT2D eigenvalue weighted by molar-refractivity contribution is 0.107. The maximum Gasteiger partial charge on any atom is 0.240 e. The van der Waals surface area contributed by atoms with E-state index in [2.05, 4.69) is 4.72 Å². The van der Waals surface area contributed by atoms with Crippen molar-refractivity contribution in [2.45, 2.75) is 44.6 Å². The van der Waals surface area contributed by atoms with Crippen LogP contribution in [-0.2, 0) is 10.0 Å². The Morgan fingerprint density at radius 1 is 1.33 bits per heavy atom. The number of benzene rings is 1. The number of sulfonamides is 1. The van der Waals surface area contributed by atoms with E-state index < -0.39 is 16.1 Å². The van der Waals surface area contributed by atoms with E-state index in [1.807, 2.05) is 19.9 Å². The molecule has 21 heavy (non-hydrogen) atoms. The summed E-state index contributed by atoms with van der Waals surface area (Å²) in [5.41, 5.74) is 1.06. The first-order valence-corrected chi connectivity index (χ1v) is 8.52. The highest BCUT2D eigenvalue weighted by Crippen LogP contribution is 2.16. The molecule has 0 bridgehead atoms. The Labute approximate surface area is 126 Å². The van der Waals surface area contributed by atoms with Gasteiger partial charge in [-0.2, -0.15) is 5.26 Å². The molecule has 6 heteroatoms. The van der Waals surface area contributed by atoms with Crippen LogP contribution in [0.2, 0.25) is 0 Å². The smallest absolute Gasteiger partial charge is 0.240 e. The summed E-state index contributed by atoms with van der Waals surface area (Å²) in [6, 6.07) is 6.35. The highest BCUT2D eigenvalue weighted by atomic mass is 32.2. The molecular formula is C15H22N2O3S. The highest BCUT2D eigenvalue weighted by Gasteiger charge is 2.20. The predicted octanol–water partition coefficient (Wildman–Crippen LogP) is 1.94. The predicted molar refractivity (Wildman–Crippen MR) is 81.2 cm³/mol. The van der Waals surface area contributed by atoms with Gasteiger partial charge in [-0.25, -0.2) is 13.1 Å². The van der Waals surface area contributed by atoms with Crippen molar-refractivity contribution < 1.29 is 13.5 Å². The molecule has 5 nitrogen and oxygen atoms in total. The van der Waals surface area contributed by atoms with Crippen LogP contribution in [0.4, 0.5) is 0 Å². The second kappa shape index (κ2) is 7.55. The number of nitrogens with zero attached hydrogens (tertiary/aromatic N) is 1. The first kappa shape index (κ1) is 17.6. The maximum atomic E-state index is 12.2. The molecular weight excluding hydrogens is 288 g/mol. The van der Waals surface area contributed by atoms with Gasteiger partial charge in [0.2, 0.25) is 10.0 Å². The van der Waals surface area contributed by atoms with Gasteiger partial charge in [0.25, 0.3) is 0 Å². The van der Waals surface area contributed by atoms with E-state index in [1.165, 1.54) is 18.2 Å². The Bertz CT molecular complexity index is 616. The quantitative estimate of drug-likeness (QED) is 0.805. The zero-order valence-electron chi connectivity index (χ0n) is 12.6. The molecule has 0 radical (unpaired) electrons. The molecule has 0 aliphatic carbocycles. The molecule has 0 spiro atoms. The molecule has 0 heterocycles. The van der Waals surface area contributed by atoms with Gasteiger partial charge in [0.05, 0.1) is 22.6 Å². The molecule has 0 saturated heterocycles. The molecule has 0 aromatic heterocycles. The van der Waals surface area contributed by atoms with Gasteiger partial charge in [-0.05, 0) is 36.6 Å². The summed E-state index contributed by atoms with van der Waals surface area (Å²) in [6.07, 6.45) is 0.902. The van der Waals surface area contributed by atoms with E-state index in [9.17, 15) is 13.5 Å². The van der Waals surface area contributed by atoms with E-state index in [0.717, 1.165) is 12.8 Å². The van der Waals surface area contributed by atoms with Gasteiger partial charge in [-0.15, -0.1) is 0 Å². The zero-order chi connectivity index (χ0) is 16.0. The van der Waals surface area contributed by atoms with Crippen molar-refractivity contribution in [3.05, 3.63) is 29.3 Å². The lowest BCUT2D eigenvalue weighted by Gasteiger charge is -2.20. The van der Waals surface area contributed by atoms with Crippen LogP contribution < -0.4 is 4.72 Å². The van der Waals surface area contributed by atoms with Crippen molar-refractivity contribution >= 4 is 10.0 Å². The average Bonchev–Trinajstić information content (AvgIpc) is 2.46. The summed E-state index contributed by atoms with van der Waals surface area (Å²) >= 11 is 0. The molecule has 1 unspecified atom stereocenters. The molecule has 0 aliphatic heterocycles. The van der Waals surface area contributed by atoms with Gasteiger partial charge in [0.1, 0.15) is 0 Å². The summed E-state index contributed by atoms with van der Waals surface area (Å²) in [7, 11) is -3.67. The Morgan fingerprint density at radius 3 is 2.43 bits per heavy atom. The minimum absolute atomic E-state index is 0.00622. The topological polar surface area (TPSA) is 90.2 Å². The molecule has 0 amide bonds. The maximum absolute atomic E-state index is 12.2. The van der Waals surface area contributed by atoms with Gasteiger partial charge in [-0.3, -0.25) is 0 Å². The van der Waals surface area contributed by atoms with E-state index in [0.29, 0.717) is 11.1 Å². The number of aryl methyl sites for hydroxylation is 1. The number of rotatable bonds is 7. The van der Waals surface area contributed by atoms with Crippen molar-refractivity contribution in [3.63, 3.8) is 0 Å². The SMILES string of the molecule is CCC(CC)C(O)CNS(=O)(=O)c1ccc(C#N)c(C)c1. The second-order valence-corrected chi connectivity index (χ2v) is 6.85. The molecule has 1 aromatic rings. The van der Waals surface area contributed by atoms with Crippen LogP contribution >= 0.6 is 0 Å². The first-order chi connectivity index (χ1) is 9.85. The third-order valence-electron chi connectivity index (χ3n) is 3.70. The average molecular weight is 310 g/mol. The molecule has 1 rings (SSSR count). The summed E-state index contributed by atoms with van der Waals surface area (Å²) in [4.78, 5) is 0.107. The molecule has 0 fully saturated rings. The minimum Gasteiger partial charge on any atom is -0.391 e. The Hall–Kier alpha value is -1.42. The minimum atomic E-state index is -3.67. The Balaban J connectivity index is 2.83. The number of nitriles is 1. The first-order valence-electron chi connectivity index (χ1n) is 7.04. The normalized spacial score (nSPS) is 13.1. The van der Waals surface area contributed by atoms with E-state index >= 15 is 0 Å². The Morgan fingerprint density at radius 2 is 1.95 bits per heavy atom. The number of hydrogen-bond donors (Lipinski definition) is 2. The number of aliphatic hydroxyl groups excluding tert-OH is 1. The van der Waals surface area contributed by atoms with Crippen molar-refractivity contribution in [3.8, 4) is 6.07 Å². The largest absolute Gasteiger partial charge is 0.391 e. The molecule has 1 atom stereocenters. The second-order valence-electron chi connectivity index (χ2n) is 5.08. The van der Waals surface area contributed by atoms with Crippen molar-refractivity contribution in [1.82, 2.24) is 4.72 Å². The summed E-state index contributed by atoms with van der Waals surface area (Å²) < 4.78 is 26.8. The van der Waals surface area contributed by atoms with Gasteiger partial charge in [-0.1, -0.05) is 26.7 Å². The third kappa shape index (κ3) is 4.53.